The lowest BCUT2D eigenvalue weighted by Crippen LogP contribution is -2.36. The molecule has 1 aromatic heterocycles. The van der Waals surface area contributed by atoms with Gasteiger partial charge in [-0.15, -0.1) is 0 Å². The first-order valence-electron chi connectivity index (χ1n) is 7.09. The molecular weight excluding hydrogens is 236 g/mol. The molecule has 1 aromatic carbocycles. The summed E-state index contributed by atoms with van der Waals surface area (Å²) in [4.78, 5) is 12.4. The Morgan fingerprint density at radius 1 is 1.21 bits per heavy atom. The molecule has 100 valence electrons. The second-order valence-electron chi connectivity index (χ2n) is 5.57. The van der Waals surface area contributed by atoms with E-state index in [1.165, 1.54) is 25.7 Å². The van der Waals surface area contributed by atoms with Crippen LogP contribution in [-0.2, 0) is 6.54 Å². The van der Waals surface area contributed by atoms with Gasteiger partial charge in [0.2, 0.25) is 0 Å². The first-order chi connectivity index (χ1) is 9.25. The van der Waals surface area contributed by atoms with Crippen molar-refractivity contribution in [3.05, 3.63) is 46.9 Å². The van der Waals surface area contributed by atoms with Gasteiger partial charge in [0.25, 0.3) is 5.56 Å². The number of pyridine rings is 1. The molecule has 3 heteroatoms. The summed E-state index contributed by atoms with van der Waals surface area (Å²) in [6.07, 6.45) is 6.86. The van der Waals surface area contributed by atoms with Crippen LogP contribution < -0.4 is 11.3 Å². The number of hydrogen-bond donors (Lipinski definition) is 1. The average Bonchev–Trinajstić information content (AvgIpc) is 2.96. The van der Waals surface area contributed by atoms with Crippen LogP contribution in [0, 0.1) is 5.92 Å². The van der Waals surface area contributed by atoms with Crippen molar-refractivity contribution in [2.75, 3.05) is 0 Å². The van der Waals surface area contributed by atoms with Crippen molar-refractivity contribution in [3.8, 4) is 0 Å². The zero-order chi connectivity index (χ0) is 13.2. The lowest BCUT2D eigenvalue weighted by atomic mass is 9.99. The van der Waals surface area contributed by atoms with Crippen LogP contribution in [0.5, 0.6) is 0 Å². The third-order valence-corrected chi connectivity index (χ3v) is 4.30. The number of rotatable bonds is 3. The highest BCUT2D eigenvalue weighted by molar-refractivity contribution is 5.81. The van der Waals surface area contributed by atoms with Crippen molar-refractivity contribution >= 4 is 10.8 Å². The fourth-order valence-electron chi connectivity index (χ4n) is 3.14. The van der Waals surface area contributed by atoms with E-state index in [0.717, 1.165) is 10.8 Å². The molecule has 1 heterocycles. The van der Waals surface area contributed by atoms with Crippen LogP contribution in [-0.4, -0.2) is 10.6 Å². The molecular formula is C16H20N2O. The summed E-state index contributed by atoms with van der Waals surface area (Å²) < 4.78 is 1.77. The smallest absolute Gasteiger partial charge is 0.258 e. The quantitative estimate of drug-likeness (QED) is 0.917. The van der Waals surface area contributed by atoms with Crippen LogP contribution in [0.2, 0.25) is 0 Å². The molecule has 0 saturated heterocycles. The molecule has 0 spiro atoms. The summed E-state index contributed by atoms with van der Waals surface area (Å²) in [5.41, 5.74) is 6.34. The zero-order valence-electron chi connectivity index (χ0n) is 11.1. The number of fused-ring (bicyclic) bond motifs is 1. The number of benzene rings is 1. The summed E-state index contributed by atoms with van der Waals surface area (Å²) in [5.74, 6) is 0.582. The number of nitrogens with zero attached hydrogens (tertiary/aromatic N) is 1. The second-order valence-corrected chi connectivity index (χ2v) is 5.57. The standard InChI is InChI=1S/C16H20N2O/c17-15(13-6-1-2-7-13)11-18-10-9-12-5-3-4-8-14(12)16(18)19/h3-5,8-10,13,15H,1-2,6-7,11,17H2. The predicted octanol–water partition coefficient (Wildman–Crippen LogP) is 2.52. The van der Waals surface area contributed by atoms with Crippen LogP contribution in [0.15, 0.2) is 41.3 Å². The van der Waals surface area contributed by atoms with Gasteiger partial charge in [0.15, 0.2) is 0 Å². The molecule has 1 aliphatic rings. The predicted molar refractivity (Wildman–Crippen MR) is 78.1 cm³/mol. The SMILES string of the molecule is NC(Cn1ccc2ccccc2c1=O)C1CCCC1. The van der Waals surface area contributed by atoms with Crippen LogP contribution in [0.4, 0.5) is 0 Å². The largest absolute Gasteiger partial charge is 0.326 e. The van der Waals surface area contributed by atoms with Gasteiger partial charge >= 0.3 is 0 Å². The third-order valence-electron chi connectivity index (χ3n) is 4.30. The highest BCUT2D eigenvalue weighted by Crippen LogP contribution is 2.27. The highest BCUT2D eigenvalue weighted by atomic mass is 16.1. The molecule has 0 bridgehead atoms. The van der Waals surface area contributed by atoms with Crippen molar-refractivity contribution < 1.29 is 0 Å². The topological polar surface area (TPSA) is 48.0 Å². The van der Waals surface area contributed by atoms with E-state index in [2.05, 4.69) is 0 Å². The van der Waals surface area contributed by atoms with Gasteiger partial charge in [0, 0.05) is 24.2 Å². The van der Waals surface area contributed by atoms with E-state index in [9.17, 15) is 4.79 Å². The van der Waals surface area contributed by atoms with Crippen LogP contribution in [0.3, 0.4) is 0 Å². The number of nitrogens with two attached hydrogens (primary N) is 1. The Kier molecular flexibility index (Phi) is 3.38. The van der Waals surface area contributed by atoms with Crippen LogP contribution in [0.25, 0.3) is 10.8 Å². The van der Waals surface area contributed by atoms with Crippen molar-refractivity contribution in [3.63, 3.8) is 0 Å². The first-order valence-corrected chi connectivity index (χ1v) is 7.09. The molecule has 1 atom stereocenters. The molecule has 3 nitrogen and oxygen atoms in total. The number of hydrogen-bond acceptors (Lipinski definition) is 2. The molecule has 2 aromatic rings. The summed E-state index contributed by atoms with van der Waals surface area (Å²) >= 11 is 0. The fraction of sp³-hybridized carbons (Fsp3) is 0.438. The van der Waals surface area contributed by atoms with E-state index in [0.29, 0.717) is 12.5 Å². The minimum atomic E-state index is 0.0755. The lowest BCUT2D eigenvalue weighted by molar-refractivity contribution is 0.384. The van der Waals surface area contributed by atoms with Crippen molar-refractivity contribution in [2.24, 2.45) is 11.7 Å². The summed E-state index contributed by atoms with van der Waals surface area (Å²) in [6.45, 7) is 0.633. The second kappa shape index (κ2) is 5.17. The van der Waals surface area contributed by atoms with E-state index < -0.39 is 0 Å². The summed E-state index contributed by atoms with van der Waals surface area (Å²) in [6, 6.07) is 9.81. The van der Waals surface area contributed by atoms with Gasteiger partial charge in [-0.2, -0.15) is 0 Å². The Bertz CT molecular complexity index is 626. The van der Waals surface area contributed by atoms with Crippen molar-refractivity contribution in [2.45, 2.75) is 38.3 Å². The van der Waals surface area contributed by atoms with Gasteiger partial charge in [0.05, 0.1) is 0 Å². The molecule has 1 unspecified atom stereocenters. The first kappa shape index (κ1) is 12.4. The Labute approximate surface area is 113 Å². The maximum atomic E-state index is 12.4. The monoisotopic (exact) mass is 256 g/mol. The zero-order valence-corrected chi connectivity index (χ0v) is 11.1. The third kappa shape index (κ3) is 2.43. The minimum Gasteiger partial charge on any atom is -0.326 e. The van der Waals surface area contributed by atoms with Gasteiger partial charge in [-0.1, -0.05) is 31.0 Å². The Morgan fingerprint density at radius 3 is 2.74 bits per heavy atom. The molecule has 2 N–H and O–H groups in total. The summed E-state index contributed by atoms with van der Waals surface area (Å²) in [7, 11) is 0. The molecule has 19 heavy (non-hydrogen) atoms. The lowest BCUT2D eigenvalue weighted by Gasteiger charge is -2.20. The van der Waals surface area contributed by atoms with Crippen molar-refractivity contribution in [1.82, 2.24) is 4.57 Å². The van der Waals surface area contributed by atoms with E-state index >= 15 is 0 Å². The van der Waals surface area contributed by atoms with E-state index in [4.69, 9.17) is 5.73 Å². The van der Waals surface area contributed by atoms with Crippen LogP contribution >= 0.6 is 0 Å². The van der Waals surface area contributed by atoms with Gasteiger partial charge in [0.1, 0.15) is 0 Å². The molecule has 0 aliphatic heterocycles. The van der Waals surface area contributed by atoms with E-state index in [1.54, 1.807) is 4.57 Å². The maximum Gasteiger partial charge on any atom is 0.258 e. The molecule has 1 saturated carbocycles. The molecule has 3 rings (SSSR count). The molecule has 0 radical (unpaired) electrons. The Balaban J connectivity index is 1.88. The van der Waals surface area contributed by atoms with Gasteiger partial charge in [-0.25, -0.2) is 0 Å². The minimum absolute atomic E-state index is 0.0755. The Hall–Kier alpha value is -1.61. The van der Waals surface area contributed by atoms with Crippen molar-refractivity contribution in [1.29, 1.82) is 0 Å². The van der Waals surface area contributed by atoms with E-state index in [-0.39, 0.29) is 11.6 Å². The Morgan fingerprint density at radius 2 is 1.95 bits per heavy atom. The molecule has 1 fully saturated rings. The van der Waals surface area contributed by atoms with Gasteiger partial charge < -0.3 is 10.3 Å². The maximum absolute atomic E-state index is 12.4. The van der Waals surface area contributed by atoms with E-state index in [1.807, 2.05) is 36.5 Å². The number of aromatic nitrogens is 1. The normalized spacial score (nSPS) is 17.9. The van der Waals surface area contributed by atoms with Gasteiger partial charge in [-0.3, -0.25) is 4.79 Å². The average molecular weight is 256 g/mol. The van der Waals surface area contributed by atoms with Gasteiger partial charge in [-0.05, 0) is 36.3 Å². The van der Waals surface area contributed by atoms with Crippen LogP contribution in [0.1, 0.15) is 25.7 Å². The fourth-order valence-corrected chi connectivity index (χ4v) is 3.14. The summed E-state index contributed by atoms with van der Waals surface area (Å²) in [5, 5.41) is 1.78. The molecule has 0 amide bonds. The highest BCUT2D eigenvalue weighted by Gasteiger charge is 2.22. The molecule has 1 aliphatic carbocycles.